The van der Waals surface area contributed by atoms with Gasteiger partial charge in [0.15, 0.2) is 0 Å². The molecule has 3 aromatic heterocycles. The van der Waals surface area contributed by atoms with Crippen LogP contribution in [0.1, 0.15) is 25.8 Å². The quantitative estimate of drug-likeness (QED) is 0.723. The number of nitrogens with one attached hydrogen (secondary N) is 1. The van der Waals surface area contributed by atoms with Crippen molar-refractivity contribution in [2.75, 3.05) is 19.0 Å². The van der Waals surface area contributed by atoms with Crippen molar-refractivity contribution in [1.82, 2.24) is 9.55 Å². The Balaban J connectivity index is 1.82. The fourth-order valence-electron chi connectivity index (χ4n) is 3.32. The molecule has 1 unspecified atom stereocenters. The van der Waals surface area contributed by atoms with E-state index in [0.717, 1.165) is 51.1 Å². The molecule has 4 rings (SSSR count). The molecule has 0 aromatic carbocycles. The summed E-state index contributed by atoms with van der Waals surface area (Å²) < 4.78 is 7.80. The minimum absolute atomic E-state index is 0.0154. The van der Waals surface area contributed by atoms with E-state index in [2.05, 4.69) is 17.2 Å². The summed E-state index contributed by atoms with van der Waals surface area (Å²) in [6, 6.07) is 4.04. The van der Waals surface area contributed by atoms with Gasteiger partial charge in [-0.05, 0) is 37.1 Å². The molecule has 0 radical (unpaired) electrons. The molecule has 3 aromatic rings. The van der Waals surface area contributed by atoms with Crippen molar-refractivity contribution in [2.45, 2.75) is 25.8 Å². The maximum absolute atomic E-state index is 13.1. The minimum Gasteiger partial charge on any atom is -0.497 e. The Morgan fingerprint density at radius 1 is 1.42 bits per heavy atom. The van der Waals surface area contributed by atoms with Gasteiger partial charge >= 0.3 is 0 Å². The van der Waals surface area contributed by atoms with Crippen molar-refractivity contribution in [3.63, 3.8) is 0 Å². The van der Waals surface area contributed by atoms with Crippen molar-refractivity contribution in [2.24, 2.45) is 0 Å². The lowest BCUT2D eigenvalue weighted by Gasteiger charge is -2.18. The molecule has 0 amide bonds. The molecular formula is C20H21N3O2S. The van der Waals surface area contributed by atoms with Crippen molar-refractivity contribution < 1.29 is 4.74 Å². The fraction of sp³-hybridized carbons (Fsp3) is 0.300. The first kappa shape index (κ1) is 16.8. The summed E-state index contributed by atoms with van der Waals surface area (Å²) in [5.74, 6) is 0.841. The zero-order valence-corrected chi connectivity index (χ0v) is 15.7. The van der Waals surface area contributed by atoms with E-state index >= 15 is 0 Å². The number of hydrogen-bond acceptors (Lipinski definition) is 5. The lowest BCUT2D eigenvalue weighted by atomic mass is 10.1. The summed E-state index contributed by atoms with van der Waals surface area (Å²) in [5, 5.41) is 5.47. The second kappa shape index (κ2) is 6.96. The van der Waals surface area contributed by atoms with Crippen molar-refractivity contribution in [3.8, 4) is 0 Å². The third-order valence-corrected chi connectivity index (χ3v) is 5.76. The smallest absolute Gasteiger partial charge is 0.269 e. The molecule has 1 aliphatic rings. The highest BCUT2D eigenvalue weighted by atomic mass is 32.1. The average molecular weight is 367 g/mol. The highest BCUT2D eigenvalue weighted by Gasteiger charge is 2.18. The predicted molar refractivity (Wildman–Crippen MR) is 108 cm³/mol. The molecule has 1 aliphatic carbocycles. The Hall–Kier alpha value is -2.60. The first-order valence-electron chi connectivity index (χ1n) is 8.81. The fourth-order valence-corrected chi connectivity index (χ4v) is 4.42. The van der Waals surface area contributed by atoms with Gasteiger partial charge < -0.3 is 14.6 Å². The Morgan fingerprint density at radius 3 is 3.04 bits per heavy atom. The van der Waals surface area contributed by atoms with Crippen LogP contribution >= 0.6 is 11.3 Å². The van der Waals surface area contributed by atoms with Crippen LogP contribution in [-0.2, 0) is 4.74 Å². The van der Waals surface area contributed by atoms with Crippen molar-refractivity contribution in [3.05, 3.63) is 58.9 Å². The summed E-state index contributed by atoms with van der Waals surface area (Å²) in [7, 11) is 1.66. The lowest BCUT2D eigenvalue weighted by molar-refractivity contribution is 0.301. The molecule has 134 valence electrons. The topological polar surface area (TPSA) is 56.2 Å². The van der Waals surface area contributed by atoms with Crippen molar-refractivity contribution in [1.29, 1.82) is 0 Å². The Labute approximate surface area is 155 Å². The molecule has 5 nitrogen and oxygen atoms in total. The van der Waals surface area contributed by atoms with Crippen LogP contribution in [0.15, 0.2) is 53.3 Å². The molecule has 0 spiro atoms. The van der Waals surface area contributed by atoms with Gasteiger partial charge in [0.05, 0.1) is 13.2 Å². The summed E-state index contributed by atoms with van der Waals surface area (Å²) in [5.41, 5.74) is 1.08. The van der Waals surface area contributed by atoms with E-state index in [-0.39, 0.29) is 11.6 Å². The van der Waals surface area contributed by atoms with E-state index in [0.29, 0.717) is 0 Å². The van der Waals surface area contributed by atoms with Crippen molar-refractivity contribution >= 4 is 37.3 Å². The van der Waals surface area contributed by atoms with E-state index in [1.165, 1.54) is 11.3 Å². The second-order valence-corrected chi connectivity index (χ2v) is 7.31. The maximum Gasteiger partial charge on any atom is 0.269 e. The third-order valence-electron chi connectivity index (χ3n) is 4.66. The number of aromatic nitrogens is 2. The van der Waals surface area contributed by atoms with Gasteiger partial charge in [-0.3, -0.25) is 4.79 Å². The van der Waals surface area contributed by atoms with E-state index in [1.807, 2.05) is 36.6 Å². The first-order valence-corrected chi connectivity index (χ1v) is 9.63. The molecule has 0 fully saturated rings. The molecule has 26 heavy (non-hydrogen) atoms. The molecule has 0 bridgehead atoms. The molecule has 3 heterocycles. The number of rotatable bonds is 5. The van der Waals surface area contributed by atoms with Crippen LogP contribution in [0.4, 0.5) is 5.69 Å². The molecule has 6 heteroatoms. The normalized spacial score (nSPS) is 16.8. The van der Waals surface area contributed by atoms with E-state index in [4.69, 9.17) is 4.74 Å². The van der Waals surface area contributed by atoms with E-state index in [1.54, 1.807) is 17.9 Å². The standard InChI is InChI=1S/C20H21N3O2S/c1-3-10-21-16-8-11-22-19-17(16)15-9-12-23(20(24)18(15)26-19)13-4-6-14(25-2)7-5-13/h4,6-9,11-13H,3,5,10H2,1-2H3,(H,21,22). The minimum atomic E-state index is 0.0154. The van der Waals surface area contributed by atoms with Crippen LogP contribution in [0.2, 0.25) is 0 Å². The van der Waals surface area contributed by atoms with Crippen LogP contribution in [0.3, 0.4) is 0 Å². The largest absolute Gasteiger partial charge is 0.497 e. The average Bonchev–Trinajstić information content (AvgIpc) is 3.07. The number of nitrogens with zero attached hydrogens (tertiary/aromatic N) is 2. The molecule has 0 aliphatic heterocycles. The Bertz CT molecular complexity index is 1080. The number of ether oxygens (including phenoxy) is 1. The van der Waals surface area contributed by atoms with Gasteiger partial charge in [0.1, 0.15) is 15.3 Å². The van der Waals surface area contributed by atoms with E-state index < -0.39 is 0 Å². The Morgan fingerprint density at radius 2 is 2.31 bits per heavy atom. The number of allylic oxidation sites excluding steroid dienone is 3. The van der Waals surface area contributed by atoms with Gasteiger partial charge in [-0.1, -0.05) is 13.0 Å². The van der Waals surface area contributed by atoms with E-state index in [9.17, 15) is 4.79 Å². The van der Waals surface area contributed by atoms with Crippen LogP contribution in [-0.4, -0.2) is 23.2 Å². The van der Waals surface area contributed by atoms with Crippen LogP contribution in [0, 0.1) is 0 Å². The SMILES string of the molecule is CCCNc1ccnc2sc3c(=O)n(C4C=CC(OC)=CC4)ccc3c12. The lowest BCUT2D eigenvalue weighted by Crippen LogP contribution is -2.23. The monoisotopic (exact) mass is 367 g/mol. The first-order chi connectivity index (χ1) is 12.7. The molecule has 0 saturated heterocycles. The van der Waals surface area contributed by atoms with Crippen LogP contribution < -0.4 is 10.9 Å². The Kier molecular flexibility index (Phi) is 4.51. The molecule has 1 N–H and O–H groups in total. The molecule has 1 atom stereocenters. The third kappa shape index (κ3) is 2.80. The van der Waals surface area contributed by atoms with Gasteiger partial charge in [0.25, 0.3) is 5.56 Å². The maximum atomic E-state index is 13.1. The van der Waals surface area contributed by atoms with Crippen LogP contribution in [0.5, 0.6) is 0 Å². The van der Waals surface area contributed by atoms with Gasteiger partial charge in [0.2, 0.25) is 0 Å². The number of fused-ring (bicyclic) bond motifs is 3. The van der Waals surface area contributed by atoms with Gasteiger partial charge in [0, 0.05) is 35.4 Å². The van der Waals surface area contributed by atoms with Gasteiger partial charge in [-0.15, -0.1) is 11.3 Å². The summed E-state index contributed by atoms with van der Waals surface area (Å²) in [6.45, 7) is 3.03. The van der Waals surface area contributed by atoms with Crippen LogP contribution in [0.25, 0.3) is 20.3 Å². The number of methoxy groups -OCH3 is 1. The summed E-state index contributed by atoms with van der Waals surface area (Å²) in [4.78, 5) is 18.5. The summed E-state index contributed by atoms with van der Waals surface area (Å²) >= 11 is 1.47. The zero-order chi connectivity index (χ0) is 18.1. The number of anilines is 1. The molecular weight excluding hydrogens is 346 g/mol. The predicted octanol–water partition coefficient (Wildman–Crippen LogP) is 4.46. The number of pyridine rings is 2. The second-order valence-electron chi connectivity index (χ2n) is 6.31. The number of hydrogen-bond donors (Lipinski definition) is 1. The molecule has 0 saturated carbocycles. The zero-order valence-electron chi connectivity index (χ0n) is 14.9. The highest BCUT2D eigenvalue weighted by molar-refractivity contribution is 7.25. The van der Waals surface area contributed by atoms with Gasteiger partial charge in [-0.2, -0.15) is 0 Å². The highest BCUT2D eigenvalue weighted by Crippen LogP contribution is 2.35. The number of thiophene rings is 1. The summed E-state index contributed by atoms with van der Waals surface area (Å²) in [6.07, 6.45) is 11.4. The van der Waals surface area contributed by atoms with Gasteiger partial charge in [-0.25, -0.2) is 4.98 Å².